The number of nitrogens with zero attached hydrogens (tertiary/aromatic N) is 2. The van der Waals surface area contributed by atoms with Gasteiger partial charge in [-0.1, -0.05) is 200 Å². The fraction of sp³-hybridized carbons (Fsp3) is 0. The van der Waals surface area contributed by atoms with E-state index >= 15 is 0 Å². The molecular weight excluding hydrogens is 759 g/mol. The molecule has 2 aliphatic rings. The highest BCUT2D eigenvalue weighted by Crippen LogP contribution is 2.48. The van der Waals surface area contributed by atoms with Crippen molar-refractivity contribution in [3.8, 4) is 55.6 Å². The number of hydrogen-bond acceptors (Lipinski definition) is 2. The minimum absolute atomic E-state index is 0.0413. The van der Waals surface area contributed by atoms with Gasteiger partial charge in [0.25, 0.3) is 6.71 Å². The Hall–Kier alpha value is -8.14. The largest absolute Gasteiger partial charge is 0.311 e. The van der Waals surface area contributed by atoms with Gasteiger partial charge in [-0.3, -0.25) is 0 Å². The van der Waals surface area contributed by atoms with Crippen molar-refractivity contribution in [1.29, 1.82) is 0 Å². The molecule has 0 aliphatic carbocycles. The standard InChI is InChI=1S/C60H41BN2/c1-6-18-42(19-7-1)47-28-16-30-52(36-47)62-56-35-33-49(44-22-10-3-11-23-44)38-55(56)61-54-34-32-50(45-24-12-4-13-25-45)39-57(54)63(53-31-17-29-48(37-53)43-20-8-2-9-21-43)59-41-51(40-58(62)60(59)61)46-26-14-5-15-27-46/h1-41H. The molecule has 2 heterocycles. The van der Waals surface area contributed by atoms with Gasteiger partial charge in [-0.05, 0) is 121 Å². The molecule has 2 nitrogen and oxygen atoms in total. The van der Waals surface area contributed by atoms with E-state index in [0.717, 1.165) is 11.4 Å². The van der Waals surface area contributed by atoms with E-state index in [9.17, 15) is 0 Å². The topological polar surface area (TPSA) is 6.48 Å². The number of rotatable bonds is 7. The second-order valence-corrected chi connectivity index (χ2v) is 16.5. The molecule has 10 aromatic carbocycles. The van der Waals surface area contributed by atoms with Crippen molar-refractivity contribution in [2.75, 3.05) is 9.80 Å². The zero-order chi connectivity index (χ0) is 41.7. The summed E-state index contributed by atoms with van der Waals surface area (Å²) < 4.78 is 0. The first-order chi connectivity index (χ1) is 31.2. The van der Waals surface area contributed by atoms with E-state index in [1.807, 2.05) is 0 Å². The minimum Gasteiger partial charge on any atom is -0.311 e. The summed E-state index contributed by atoms with van der Waals surface area (Å²) in [4.78, 5) is 5.07. The van der Waals surface area contributed by atoms with Crippen molar-refractivity contribution in [2.24, 2.45) is 0 Å². The normalized spacial score (nSPS) is 12.3. The molecule has 0 amide bonds. The summed E-state index contributed by atoms with van der Waals surface area (Å²) in [7, 11) is 0. The second kappa shape index (κ2) is 15.4. The van der Waals surface area contributed by atoms with Crippen molar-refractivity contribution in [3.05, 3.63) is 249 Å². The van der Waals surface area contributed by atoms with Gasteiger partial charge >= 0.3 is 0 Å². The van der Waals surface area contributed by atoms with Gasteiger partial charge in [0.05, 0.1) is 0 Å². The van der Waals surface area contributed by atoms with E-state index < -0.39 is 0 Å². The van der Waals surface area contributed by atoms with Crippen molar-refractivity contribution < 1.29 is 0 Å². The second-order valence-electron chi connectivity index (χ2n) is 16.5. The van der Waals surface area contributed by atoms with E-state index in [2.05, 4.69) is 259 Å². The highest BCUT2D eigenvalue weighted by Gasteiger charge is 2.44. The van der Waals surface area contributed by atoms with Crippen LogP contribution in [0.4, 0.5) is 34.1 Å². The average Bonchev–Trinajstić information content (AvgIpc) is 3.37. The van der Waals surface area contributed by atoms with Gasteiger partial charge in [0.1, 0.15) is 0 Å². The van der Waals surface area contributed by atoms with Crippen LogP contribution < -0.4 is 26.2 Å². The average molecular weight is 801 g/mol. The minimum atomic E-state index is -0.0413. The first kappa shape index (κ1) is 36.7. The van der Waals surface area contributed by atoms with Crippen molar-refractivity contribution in [1.82, 2.24) is 0 Å². The number of benzene rings is 10. The molecule has 12 rings (SSSR count). The summed E-state index contributed by atoms with van der Waals surface area (Å²) in [6, 6.07) is 91.2. The molecule has 0 saturated heterocycles. The molecule has 0 unspecified atom stereocenters. The zero-order valence-corrected chi connectivity index (χ0v) is 34.6. The van der Waals surface area contributed by atoms with Gasteiger partial charge in [-0.15, -0.1) is 0 Å². The molecule has 0 bridgehead atoms. The quantitative estimate of drug-likeness (QED) is 0.148. The first-order valence-electron chi connectivity index (χ1n) is 21.8. The van der Waals surface area contributed by atoms with E-state index in [4.69, 9.17) is 0 Å². The Bertz CT molecular complexity index is 3280. The summed E-state index contributed by atoms with van der Waals surface area (Å²) in [6.07, 6.45) is 0. The van der Waals surface area contributed by atoms with Crippen LogP contribution in [0.2, 0.25) is 0 Å². The molecule has 0 atom stereocenters. The number of anilines is 6. The fourth-order valence-corrected chi connectivity index (χ4v) is 9.88. The monoisotopic (exact) mass is 800 g/mol. The van der Waals surface area contributed by atoms with Crippen LogP contribution in [-0.2, 0) is 0 Å². The summed E-state index contributed by atoms with van der Waals surface area (Å²) in [5.41, 5.74) is 22.7. The van der Waals surface area contributed by atoms with E-state index in [1.165, 1.54) is 94.8 Å². The van der Waals surface area contributed by atoms with E-state index in [0.29, 0.717) is 0 Å². The fourth-order valence-electron chi connectivity index (χ4n) is 9.88. The van der Waals surface area contributed by atoms with Gasteiger partial charge in [0.15, 0.2) is 0 Å². The lowest BCUT2D eigenvalue weighted by Gasteiger charge is -2.45. The Morgan fingerprint density at radius 1 is 0.222 bits per heavy atom. The SMILES string of the molecule is c1ccc(-c2cccc(N3c4ccc(-c5ccccc5)cc4B4c5ccc(-c6ccccc6)cc5N(c5cccc(-c6ccccc6)c5)c5cc(-c6ccccc6)cc3c54)c2)cc1. The third kappa shape index (κ3) is 6.45. The Balaban J connectivity index is 1.18. The molecular formula is C60H41BN2. The summed E-state index contributed by atoms with van der Waals surface area (Å²) in [5.74, 6) is 0. The third-order valence-corrected chi connectivity index (χ3v) is 12.8. The van der Waals surface area contributed by atoms with Crippen LogP contribution in [0.3, 0.4) is 0 Å². The zero-order valence-electron chi connectivity index (χ0n) is 34.6. The Morgan fingerprint density at radius 3 is 1.06 bits per heavy atom. The van der Waals surface area contributed by atoms with Crippen LogP contribution in [0, 0.1) is 0 Å². The summed E-state index contributed by atoms with van der Waals surface area (Å²) in [6.45, 7) is -0.0413. The van der Waals surface area contributed by atoms with Crippen molar-refractivity contribution in [3.63, 3.8) is 0 Å². The van der Waals surface area contributed by atoms with Gasteiger partial charge in [-0.2, -0.15) is 0 Å². The Morgan fingerprint density at radius 2 is 0.587 bits per heavy atom. The summed E-state index contributed by atoms with van der Waals surface area (Å²) in [5, 5.41) is 0. The van der Waals surface area contributed by atoms with Crippen LogP contribution in [0.5, 0.6) is 0 Å². The lowest BCUT2D eigenvalue weighted by atomic mass is 9.33. The smallest absolute Gasteiger partial charge is 0.252 e. The maximum Gasteiger partial charge on any atom is 0.252 e. The Labute approximate surface area is 369 Å². The number of fused-ring (bicyclic) bond motifs is 4. The van der Waals surface area contributed by atoms with E-state index in [-0.39, 0.29) is 6.71 Å². The van der Waals surface area contributed by atoms with Gasteiger partial charge in [0, 0.05) is 34.1 Å². The molecule has 2 aliphatic heterocycles. The maximum atomic E-state index is 2.54. The highest BCUT2D eigenvalue weighted by molar-refractivity contribution is 7.00. The van der Waals surface area contributed by atoms with Crippen LogP contribution in [0.25, 0.3) is 55.6 Å². The van der Waals surface area contributed by atoms with Gasteiger partial charge in [-0.25, -0.2) is 0 Å². The van der Waals surface area contributed by atoms with Crippen molar-refractivity contribution >= 4 is 57.2 Å². The lowest BCUT2D eigenvalue weighted by molar-refractivity contribution is 1.25. The first-order valence-corrected chi connectivity index (χ1v) is 21.8. The van der Waals surface area contributed by atoms with Gasteiger partial charge in [0.2, 0.25) is 0 Å². The molecule has 0 spiro atoms. The maximum absolute atomic E-state index is 2.54. The van der Waals surface area contributed by atoms with Crippen LogP contribution in [0.15, 0.2) is 249 Å². The van der Waals surface area contributed by atoms with Gasteiger partial charge < -0.3 is 9.80 Å². The lowest BCUT2D eigenvalue weighted by Crippen LogP contribution is -2.61. The third-order valence-electron chi connectivity index (χ3n) is 12.8. The molecule has 294 valence electrons. The molecule has 0 aromatic heterocycles. The molecule has 0 saturated carbocycles. The Kier molecular flexibility index (Phi) is 8.97. The molecule has 0 fully saturated rings. The van der Waals surface area contributed by atoms with E-state index in [1.54, 1.807) is 0 Å². The molecule has 3 heteroatoms. The molecule has 63 heavy (non-hydrogen) atoms. The highest BCUT2D eigenvalue weighted by atomic mass is 15.2. The molecule has 0 radical (unpaired) electrons. The molecule has 10 aromatic rings. The predicted molar refractivity (Wildman–Crippen MR) is 268 cm³/mol. The van der Waals surface area contributed by atoms with Crippen LogP contribution in [0.1, 0.15) is 0 Å². The predicted octanol–water partition coefficient (Wildman–Crippen LogP) is 14.1. The number of hydrogen-bond donors (Lipinski definition) is 0. The molecule has 0 N–H and O–H groups in total. The van der Waals surface area contributed by atoms with Crippen LogP contribution >= 0.6 is 0 Å². The van der Waals surface area contributed by atoms with Crippen molar-refractivity contribution in [2.45, 2.75) is 0 Å². The summed E-state index contributed by atoms with van der Waals surface area (Å²) >= 11 is 0. The van der Waals surface area contributed by atoms with Crippen LogP contribution in [-0.4, -0.2) is 6.71 Å².